The number of halogens is 5. The Labute approximate surface area is 145 Å². The van der Waals surface area contributed by atoms with Gasteiger partial charge < -0.3 is 5.73 Å². The van der Waals surface area contributed by atoms with E-state index < -0.39 is 11.8 Å². The summed E-state index contributed by atoms with van der Waals surface area (Å²) >= 11 is 11.7. The maximum absolute atomic E-state index is 13.8. The van der Waals surface area contributed by atoms with E-state index in [-0.39, 0.29) is 21.3 Å². The lowest BCUT2D eigenvalue weighted by atomic mass is 9.91. The summed E-state index contributed by atoms with van der Waals surface area (Å²) in [6, 6.07) is 10.0. The maximum Gasteiger partial charge on any atom is 0.428 e. The van der Waals surface area contributed by atoms with Crippen LogP contribution >= 0.6 is 23.2 Å². The van der Waals surface area contributed by atoms with Gasteiger partial charge >= 0.3 is 6.18 Å². The van der Waals surface area contributed by atoms with Crippen molar-refractivity contribution in [3.63, 3.8) is 0 Å². The Balaban J connectivity index is 2.13. The summed E-state index contributed by atoms with van der Waals surface area (Å²) in [6.07, 6.45) is -3.77. The zero-order valence-electron chi connectivity index (χ0n) is 12.0. The van der Waals surface area contributed by atoms with Crippen molar-refractivity contribution >= 4 is 34.6 Å². The monoisotopic (exact) mass is 374 g/mol. The number of nitrogens with two attached hydrogens (primary N) is 1. The fraction of sp³-hybridized carbons (Fsp3) is 0.125. The van der Waals surface area contributed by atoms with Gasteiger partial charge in [-0.25, -0.2) is 0 Å². The van der Waals surface area contributed by atoms with E-state index in [1.807, 2.05) is 0 Å². The summed E-state index contributed by atoms with van der Waals surface area (Å²) in [6.45, 7) is 0. The number of nitrogens with one attached hydrogen (secondary N) is 1. The quantitative estimate of drug-likeness (QED) is 0.734. The topological polar surface area (TPSA) is 47.3 Å². The molecule has 0 spiro atoms. The van der Waals surface area contributed by atoms with E-state index in [0.29, 0.717) is 11.3 Å². The number of hydrogen-bond acceptors (Lipinski definition) is 3. The molecule has 1 heterocycles. The van der Waals surface area contributed by atoms with Gasteiger partial charge in [-0.2, -0.15) is 13.2 Å². The normalized spacial score (nSPS) is 20.6. The third-order valence-electron chi connectivity index (χ3n) is 3.60. The first-order chi connectivity index (χ1) is 11.2. The largest absolute Gasteiger partial charge is 0.428 e. The van der Waals surface area contributed by atoms with Crippen LogP contribution in [-0.2, 0) is 10.4 Å². The van der Waals surface area contributed by atoms with Crippen molar-refractivity contribution in [2.45, 2.75) is 11.8 Å². The van der Waals surface area contributed by atoms with Gasteiger partial charge in [0.05, 0.1) is 5.70 Å². The number of hydrogen-bond donors (Lipinski definition) is 2. The van der Waals surface area contributed by atoms with Crippen LogP contribution in [0.15, 0.2) is 48.5 Å². The third-order valence-corrected chi connectivity index (χ3v) is 4.04. The Morgan fingerprint density at radius 3 is 2.12 bits per heavy atom. The highest BCUT2D eigenvalue weighted by molar-refractivity contribution is 6.34. The Morgan fingerprint density at radius 1 is 1.00 bits per heavy atom. The summed E-state index contributed by atoms with van der Waals surface area (Å²) < 4.78 is 41.4. The SMILES string of the molecule is Nc1ccc(C2=CC(c3cc(Cl)cc(Cl)c3)(C(F)(F)F)ON2)cc1. The second kappa shape index (κ2) is 5.88. The molecule has 0 aliphatic carbocycles. The molecule has 0 bridgehead atoms. The number of rotatable bonds is 2. The van der Waals surface area contributed by atoms with Crippen molar-refractivity contribution in [2.24, 2.45) is 0 Å². The van der Waals surface area contributed by atoms with Crippen molar-refractivity contribution in [1.82, 2.24) is 5.48 Å². The van der Waals surface area contributed by atoms with Gasteiger partial charge in [0.1, 0.15) is 0 Å². The lowest BCUT2D eigenvalue weighted by Gasteiger charge is -2.28. The standard InChI is InChI=1S/C16H11Cl2F3N2O/c17-11-5-10(6-12(18)7-11)15(16(19,20)21)8-14(23-24-15)9-1-3-13(22)4-2-9/h1-8,23H,22H2. The predicted molar refractivity (Wildman–Crippen MR) is 87.2 cm³/mol. The minimum atomic E-state index is -4.73. The molecule has 8 heteroatoms. The summed E-state index contributed by atoms with van der Waals surface area (Å²) in [7, 11) is 0. The molecule has 1 aliphatic rings. The average Bonchev–Trinajstić information content (AvgIpc) is 2.93. The number of nitrogen functional groups attached to an aromatic ring is 1. The lowest BCUT2D eigenvalue weighted by molar-refractivity contribution is -0.269. The molecule has 3 nitrogen and oxygen atoms in total. The molecule has 1 aliphatic heterocycles. The molecular formula is C16H11Cl2F3N2O. The molecule has 3 rings (SSSR count). The molecule has 126 valence electrons. The van der Waals surface area contributed by atoms with Gasteiger partial charge in [0.2, 0.25) is 5.60 Å². The first kappa shape index (κ1) is 17.0. The van der Waals surface area contributed by atoms with E-state index in [2.05, 4.69) is 5.48 Å². The first-order valence-electron chi connectivity index (χ1n) is 6.77. The second-order valence-electron chi connectivity index (χ2n) is 5.28. The molecule has 2 aromatic rings. The van der Waals surface area contributed by atoms with E-state index in [4.69, 9.17) is 33.8 Å². The number of hydroxylamine groups is 1. The fourth-order valence-electron chi connectivity index (χ4n) is 2.42. The van der Waals surface area contributed by atoms with E-state index in [1.165, 1.54) is 18.2 Å². The molecule has 2 aromatic carbocycles. The molecule has 1 unspecified atom stereocenters. The molecule has 0 saturated carbocycles. The average molecular weight is 375 g/mol. The smallest absolute Gasteiger partial charge is 0.399 e. The summed E-state index contributed by atoms with van der Waals surface area (Å²) in [5.41, 5.74) is 6.19. The van der Waals surface area contributed by atoms with Crippen LogP contribution in [0.2, 0.25) is 10.0 Å². The number of alkyl halides is 3. The Bertz CT molecular complexity index is 786. The van der Waals surface area contributed by atoms with Crippen LogP contribution < -0.4 is 11.2 Å². The summed E-state index contributed by atoms with van der Waals surface area (Å²) in [5, 5.41) is 0.165. The van der Waals surface area contributed by atoms with E-state index in [9.17, 15) is 13.2 Å². The highest BCUT2D eigenvalue weighted by atomic mass is 35.5. The zero-order chi connectivity index (χ0) is 17.5. The third kappa shape index (κ3) is 2.92. The van der Waals surface area contributed by atoms with Gasteiger partial charge in [-0.05, 0) is 42.0 Å². The van der Waals surface area contributed by atoms with Crippen LogP contribution in [0, 0.1) is 0 Å². The van der Waals surface area contributed by atoms with E-state index in [1.54, 1.807) is 24.3 Å². The number of benzene rings is 2. The minimum Gasteiger partial charge on any atom is -0.399 e. The minimum absolute atomic E-state index is 0.0825. The van der Waals surface area contributed by atoms with Crippen LogP contribution in [0.3, 0.4) is 0 Å². The Hall–Kier alpha value is -1.89. The fourth-order valence-corrected chi connectivity index (χ4v) is 2.94. The highest BCUT2D eigenvalue weighted by Gasteiger charge is 2.59. The van der Waals surface area contributed by atoms with Crippen LogP contribution in [-0.4, -0.2) is 6.18 Å². The first-order valence-corrected chi connectivity index (χ1v) is 7.53. The van der Waals surface area contributed by atoms with Crippen molar-refractivity contribution in [1.29, 1.82) is 0 Å². The van der Waals surface area contributed by atoms with Crippen LogP contribution in [0.5, 0.6) is 0 Å². The molecule has 1 atom stereocenters. The van der Waals surface area contributed by atoms with Gasteiger partial charge in [0, 0.05) is 21.3 Å². The van der Waals surface area contributed by atoms with Crippen LogP contribution in [0.25, 0.3) is 5.70 Å². The molecule has 0 aromatic heterocycles. The van der Waals surface area contributed by atoms with Crippen molar-refractivity contribution in [2.75, 3.05) is 5.73 Å². The predicted octanol–water partition coefficient (Wildman–Crippen LogP) is 4.91. The van der Waals surface area contributed by atoms with E-state index in [0.717, 1.165) is 6.08 Å². The van der Waals surface area contributed by atoms with Crippen molar-refractivity contribution in [3.8, 4) is 0 Å². The second-order valence-corrected chi connectivity index (χ2v) is 6.15. The molecule has 24 heavy (non-hydrogen) atoms. The molecule has 3 N–H and O–H groups in total. The lowest BCUT2D eigenvalue weighted by Crippen LogP contribution is -2.42. The van der Waals surface area contributed by atoms with E-state index >= 15 is 0 Å². The molecule has 0 radical (unpaired) electrons. The highest BCUT2D eigenvalue weighted by Crippen LogP contribution is 2.48. The summed E-state index contributed by atoms with van der Waals surface area (Å²) in [4.78, 5) is 4.98. The van der Waals surface area contributed by atoms with Crippen molar-refractivity contribution < 1.29 is 18.0 Å². The van der Waals surface area contributed by atoms with Gasteiger partial charge in [-0.15, -0.1) is 0 Å². The van der Waals surface area contributed by atoms with Gasteiger partial charge in [-0.1, -0.05) is 35.3 Å². The van der Waals surface area contributed by atoms with Gasteiger partial charge in [0.15, 0.2) is 0 Å². The Kier molecular flexibility index (Phi) is 4.15. The maximum atomic E-state index is 13.8. The molecular weight excluding hydrogens is 364 g/mol. The molecule has 0 fully saturated rings. The summed E-state index contributed by atoms with van der Waals surface area (Å²) in [5.74, 6) is 0. The number of anilines is 1. The van der Waals surface area contributed by atoms with Crippen molar-refractivity contribution in [3.05, 3.63) is 69.7 Å². The Morgan fingerprint density at radius 2 is 1.58 bits per heavy atom. The van der Waals surface area contributed by atoms with Gasteiger partial charge in [-0.3, -0.25) is 10.3 Å². The van der Waals surface area contributed by atoms with Crippen LogP contribution in [0.1, 0.15) is 11.1 Å². The van der Waals surface area contributed by atoms with Gasteiger partial charge in [0.25, 0.3) is 0 Å². The van der Waals surface area contributed by atoms with Crippen LogP contribution in [0.4, 0.5) is 18.9 Å². The molecule has 0 saturated heterocycles. The zero-order valence-corrected chi connectivity index (χ0v) is 13.5. The molecule has 0 amide bonds.